The molecule has 0 bridgehead atoms. The molecule has 23 heavy (non-hydrogen) atoms. The van der Waals surface area contributed by atoms with Gasteiger partial charge in [-0.3, -0.25) is 9.59 Å². The molecule has 2 aliphatic heterocycles. The molecule has 124 valence electrons. The zero-order valence-corrected chi connectivity index (χ0v) is 16.8. The number of aliphatic hydroxyl groups is 2. The maximum absolute atomic E-state index is 10.8. The monoisotopic (exact) mass is 454 g/mol. The average Bonchev–Trinajstić information content (AvgIpc) is 3.01. The van der Waals surface area contributed by atoms with Crippen LogP contribution in [0.5, 0.6) is 0 Å². The summed E-state index contributed by atoms with van der Waals surface area (Å²) < 4.78 is 0. The van der Waals surface area contributed by atoms with Gasteiger partial charge >= 0.3 is 48.9 Å². The Hall–Kier alpha value is -0.629. The van der Waals surface area contributed by atoms with Gasteiger partial charge < -0.3 is 39.8 Å². The van der Waals surface area contributed by atoms with Gasteiger partial charge in [0.1, 0.15) is 13.5 Å². The molecule has 2 fully saturated rings. The number of carboxylic acids is 2. The topological polar surface area (TPSA) is 161 Å². The summed E-state index contributed by atoms with van der Waals surface area (Å²) in [6.07, 6.45) is 0.835. The number of aliphatic carboxylic acids is 2. The summed E-state index contributed by atoms with van der Waals surface area (Å²) in [4.78, 5) is 44.0. The van der Waals surface area contributed by atoms with E-state index >= 15 is 0 Å². The van der Waals surface area contributed by atoms with E-state index in [1.165, 1.54) is 0 Å². The van der Waals surface area contributed by atoms with Crippen molar-refractivity contribution in [2.75, 3.05) is 13.5 Å². The van der Waals surface area contributed by atoms with Gasteiger partial charge in [0.05, 0.1) is 24.0 Å². The first-order valence-electron chi connectivity index (χ1n) is 6.55. The van der Waals surface area contributed by atoms with E-state index < -0.39 is 37.5 Å². The van der Waals surface area contributed by atoms with Crippen LogP contribution in [-0.4, -0.2) is 118 Å². The molecule has 2 N–H and O–H groups in total. The summed E-state index contributed by atoms with van der Waals surface area (Å²) in [6, 6.07) is -1.88. The number of carbonyl (C=O) groups excluding carboxylic acids is 4. The van der Waals surface area contributed by atoms with Crippen molar-refractivity contribution in [1.29, 1.82) is 0 Å². The van der Waals surface area contributed by atoms with E-state index in [-0.39, 0.29) is 86.4 Å². The van der Waals surface area contributed by atoms with Crippen molar-refractivity contribution < 1.29 is 39.6 Å². The second-order valence-corrected chi connectivity index (χ2v) is 4.76. The number of rotatable bonds is 4. The fraction of sp³-hybridized carbons (Fsp3) is 0.667. The van der Waals surface area contributed by atoms with Gasteiger partial charge in [-0.15, -0.1) is 0 Å². The minimum atomic E-state index is -1.30. The quantitative estimate of drug-likeness (QED) is 0.400. The summed E-state index contributed by atoms with van der Waals surface area (Å²) in [7, 11) is 0. The summed E-state index contributed by atoms with van der Waals surface area (Å²) in [5.74, 6) is -3.27. The number of nitrogens with zero attached hydrogens (tertiary/aromatic N) is 2. The Morgan fingerprint density at radius 1 is 0.913 bits per heavy atom. The van der Waals surface area contributed by atoms with Gasteiger partial charge in [-0.1, -0.05) is 0 Å². The van der Waals surface area contributed by atoms with E-state index in [9.17, 15) is 29.4 Å². The maximum Gasteiger partial charge on any atom is 2.00 e. The van der Waals surface area contributed by atoms with Gasteiger partial charge in [0.25, 0.3) is 0 Å². The standard InChI is InChI=1S/2C6H9NO4.Ba/c2*8-3-7-4(6(10)11)1-2-5(7)9;/h2*4,8H,1-3H2,(H,10,11);/q;;+2/p-2. The molecular weight excluding hydrogens is 437 g/mol. The third-order valence-corrected chi connectivity index (χ3v) is 3.51. The van der Waals surface area contributed by atoms with Gasteiger partial charge in [-0.2, -0.15) is 0 Å². The predicted molar refractivity (Wildman–Crippen MR) is 69.7 cm³/mol. The second-order valence-electron chi connectivity index (χ2n) is 4.76. The fourth-order valence-corrected chi connectivity index (χ4v) is 2.31. The van der Waals surface area contributed by atoms with Gasteiger partial charge in [-0.25, -0.2) is 0 Å². The number of hydrogen-bond acceptors (Lipinski definition) is 8. The molecule has 2 atom stereocenters. The van der Waals surface area contributed by atoms with Gasteiger partial charge in [-0.05, 0) is 12.8 Å². The second kappa shape index (κ2) is 10.3. The van der Waals surface area contributed by atoms with E-state index in [4.69, 9.17) is 10.2 Å². The Morgan fingerprint density at radius 2 is 1.22 bits per heavy atom. The van der Waals surface area contributed by atoms with Gasteiger partial charge in [0, 0.05) is 12.8 Å². The Balaban J connectivity index is 0.000000403. The Morgan fingerprint density at radius 3 is 1.39 bits per heavy atom. The molecule has 0 aliphatic carbocycles. The van der Waals surface area contributed by atoms with E-state index in [1.54, 1.807) is 0 Å². The van der Waals surface area contributed by atoms with Crippen LogP contribution in [0.1, 0.15) is 25.7 Å². The third-order valence-electron chi connectivity index (χ3n) is 3.51. The molecule has 0 saturated carbocycles. The molecular formula is C12H16BaN2O8. The van der Waals surface area contributed by atoms with Gasteiger partial charge in [0.2, 0.25) is 11.8 Å². The van der Waals surface area contributed by atoms with Crippen LogP contribution in [0.25, 0.3) is 0 Å². The minimum Gasteiger partial charge on any atom is -0.548 e. The van der Waals surface area contributed by atoms with Crippen molar-refractivity contribution in [2.24, 2.45) is 0 Å². The normalized spacial score (nSPS) is 23.2. The Labute approximate surface area is 172 Å². The molecule has 2 rings (SSSR count). The van der Waals surface area contributed by atoms with Crippen LogP contribution in [0.4, 0.5) is 0 Å². The molecule has 0 spiro atoms. The molecule has 0 aromatic heterocycles. The van der Waals surface area contributed by atoms with E-state index in [0.29, 0.717) is 0 Å². The van der Waals surface area contributed by atoms with Crippen LogP contribution >= 0.6 is 0 Å². The fourth-order valence-electron chi connectivity index (χ4n) is 2.31. The molecule has 0 aromatic carbocycles. The van der Waals surface area contributed by atoms with Crippen LogP contribution in [-0.2, 0) is 19.2 Å². The predicted octanol–water partition coefficient (Wildman–Crippen LogP) is -5.03. The first kappa shape index (κ1) is 22.4. The molecule has 10 nitrogen and oxygen atoms in total. The summed E-state index contributed by atoms with van der Waals surface area (Å²) >= 11 is 0. The Kier molecular flexibility index (Phi) is 10.00. The number of aliphatic hydroxyl groups excluding tert-OH is 2. The molecule has 2 saturated heterocycles. The number of amides is 2. The molecule has 2 heterocycles. The van der Waals surface area contributed by atoms with Crippen molar-refractivity contribution in [1.82, 2.24) is 9.80 Å². The summed E-state index contributed by atoms with van der Waals surface area (Å²) in [5.41, 5.74) is 0. The average molecular weight is 454 g/mol. The van der Waals surface area contributed by atoms with Gasteiger partial charge in [0.15, 0.2) is 0 Å². The van der Waals surface area contributed by atoms with Crippen LogP contribution in [0.3, 0.4) is 0 Å². The van der Waals surface area contributed by atoms with Crippen molar-refractivity contribution in [3.8, 4) is 0 Å². The van der Waals surface area contributed by atoms with Crippen LogP contribution in [0, 0.1) is 0 Å². The number of carbonyl (C=O) groups is 4. The summed E-state index contributed by atoms with van der Waals surface area (Å²) in [6.45, 7) is -1.09. The molecule has 2 amide bonds. The zero-order valence-electron chi connectivity index (χ0n) is 12.3. The van der Waals surface area contributed by atoms with E-state index in [2.05, 4.69) is 0 Å². The minimum absolute atomic E-state index is 0. The summed E-state index contributed by atoms with van der Waals surface area (Å²) in [5, 5.41) is 37.7. The van der Waals surface area contributed by atoms with Crippen LogP contribution in [0.2, 0.25) is 0 Å². The number of carboxylic acid groups (broad SMARTS) is 2. The maximum atomic E-state index is 10.8. The van der Waals surface area contributed by atoms with Crippen LogP contribution < -0.4 is 10.2 Å². The molecule has 0 radical (unpaired) electrons. The Bertz CT molecular complexity index is 430. The van der Waals surface area contributed by atoms with Crippen molar-refractivity contribution >= 4 is 72.6 Å². The van der Waals surface area contributed by atoms with Crippen molar-refractivity contribution in [3.63, 3.8) is 0 Å². The van der Waals surface area contributed by atoms with E-state index in [1.807, 2.05) is 0 Å². The van der Waals surface area contributed by atoms with Crippen molar-refractivity contribution in [3.05, 3.63) is 0 Å². The zero-order chi connectivity index (χ0) is 16.9. The molecule has 2 unspecified atom stereocenters. The number of likely N-dealkylation sites (tertiary alicyclic amines) is 2. The number of hydrogen-bond donors (Lipinski definition) is 2. The van der Waals surface area contributed by atoms with E-state index in [0.717, 1.165) is 9.80 Å². The molecule has 0 aromatic rings. The largest absolute Gasteiger partial charge is 2.00 e. The smallest absolute Gasteiger partial charge is 0.548 e. The van der Waals surface area contributed by atoms with Crippen LogP contribution in [0.15, 0.2) is 0 Å². The molecule has 2 aliphatic rings. The third kappa shape index (κ3) is 5.74. The first-order chi connectivity index (χ1) is 10.3. The first-order valence-corrected chi connectivity index (χ1v) is 6.55. The van der Waals surface area contributed by atoms with Crippen molar-refractivity contribution in [2.45, 2.75) is 37.8 Å². The SMILES string of the molecule is O=C([O-])C1CCC(=O)N1CO.O=C([O-])C1CCC(=O)N1CO.[Ba+2]. The molecule has 11 heteroatoms.